The van der Waals surface area contributed by atoms with Crippen LogP contribution in [0.25, 0.3) is 0 Å². The van der Waals surface area contributed by atoms with Gasteiger partial charge in [-0.25, -0.2) is 18.0 Å². The lowest BCUT2D eigenvalue weighted by Crippen LogP contribution is -2.35. The van der Waals surface area contributed by atoms with E-state index in [9.17, 15) is 18.0 Å². The second-order valence-corrected chi connectivity index (χ2v) is 8.14. The Morgan fingerprint density at radius 1 is 1.26 bits per heavy atom. The molecule has 1 rings (SSSR count). The number of rotatable bonds is 5. The number of nitrogens with one attached hydrogen (secondary N) is 1. The fraction of sp³-hybridized carbons (Fsp3) is 0.467. The predicted octanol–water partition coefficient (Wildman–Crippen LogP) is 1.99. The number of aryl methyl sites for hydroxylation is 1. The van der Waals surface area contributed by atoms with Gasteiger partial charge in [0.2, 0.25) is 0 Å². The summed E-state index contributed by atoms with van der Waals surface area (Å²) in [6, 6.07) is 3.82. The van der Waals surface area contributed by atoms with Gasteiger partial charge in [-0.15, -0.1) is 0 Å². The molecule has 0 radical (unpaired) electrons. The van der Waals surface area contributed by atoms with Crippen molar-refractivity contribution in [3.63, 3.8) is 0 Å². The highest BCUT2D eigenvalue weighted by atomic mass is 32.2. The van der Waals surface area contributed by atoms with Crippen LogP contribution in [-0.4, -0.2) is 43.5 Å². The second-order valence-electron chi connectivity index (χ2n) is 6.03. The molecule has 8 heteroatoms. The molecule has 0 fully saturated rings. The first-order chi connectivity index (χ1) is 10.4. The number of carboxylic acids is 1. The molecule has 1 aromatic carbocycles. The van der Waals surface area contributed by atoms with Gasteiger partial charge in [0.25, 0.3) is 0 Å². The molecule has 0 saturated carbocycles. The minimum Gasteiger partial charge on any atom is -0.478 e. The van der Waals surface area contributed by atoms with Crippen LogP contribution >= 0.6 is 0 Å². The molecule has 128 valence electrons. The Labute approximate surface area is 135 Å². The van der Waals surface area contributed by atoms with E-state index in [-0.39, 0.29) is 22.8 Å². The summed E-state index contributed by atoms with van der Waals surface area (Å²) in [7, 11) is -3.63. The van der Waals surface area contributed by atoms with Gasteiger partial charge < -0.3 is 15.2 Å². The summed E-state index contributed by atoms with van der Waals surface area (Å²) < 4.78 is 29.4. The summed E-state index contributed by atoms with van der Waals surface area (Å²) in [5.41, 5.74) is -0.248. The van der Waals surface area contributed by atoms with Crippen LogP contribution < -0.4 is 5.32 Å². The second kappa shape index (κ2) is 6.99. The van der Waals surface area contributed by atoms with Crippen molar-refractivity contribution in [1.29, 1.82) is 0 Å². The first-order valence-electron chi connectivity index (χ1n) is 6.96. The van der Waals surface area contributed by atoms with Gasteiger partial charge in [0.1, 0.15) is 5.60 Å². The van der Waals surface area contributed by atoms with E-state index >= 15 is 0 Å². The molecule has 7 nitrogen and oxygen atoms in total. The van der Waals surface area contributed by atoms with Gasteiger partial charge in [-0.3, -0.25) is 0 Å². The Hall–Kier alpha value is -2.09. The number of ether oxygens (including phenoxy) is 1. The molecule has 0 saturated heterocycles. The van der Waals surface area contributed by atoms with E-state index in [4.69, 9.17) is 9.84 Å². The fourth-order valence-corrected chi connectivity index (χ4v) is 3.03. The van der Waals surface area contributed by atoms with E-state index in [2.05, 4.69) is 5.32 Å². The van der Waals surface area contributed by atoms with E-state index in [1.54, 1.807) is 20.8 Å². The molecule has 0 atom stereocenters. The van der Waals surface area contributed by atoms with Crippen LogP contribution in [0.5, 0.6) is 0 Å². The van der Waals surface area contributed by atoms with E-state index in [1.807, 2.05) is 0 Å². The van der Waals surface area contributed by atoms with Gasteiger partial charge in [-0.2, -0.15) is 0 Å². The molecule has 0 aromatic heterocycles. The Balaban J connectivity index is 2.72. The maximum absolute atomic E-state index is 12.2. The van der Waals surface area contributed by atoms with Crippen LogP contribution in [0.15, 0.2) is 23.1 Å². The quantitative estimate of drug-likeness (QED) is 0.846. The average molecular weight is 343 g/mol. The summed E-state index contributed by atoms with van der Waals surface area (Å²) in [6.07, 6.45) is -0.690. The van der Waals surface area contributed by atoms with Crippen molar-refractivity contribution in [3.8, 4) is 0 Å². The number of hydrogen-bond acceptors (Lipinski definition) is 5. The number of carbonyl (C=O) groups is 2. The van der Waals surface area contributed by atoms with Crippen molar-refractivity contribution >= 4 is 21.9 Å². The highest BCUT2D eigenvalue weighted by molar-refractivity contribution is 7.91. The van der Waals surface area contributed by atoms with E-state index < -0.39 is 27.5 Å². The van der Waals surface area contributed by atoms with Gasteiger partial charge in [-0.1, -0.05) is 0 Å². The number of benzene rings is 1. The molecular formula is C15H21NO6S. The van der Waals surface area contributed by atoms with Crippen molar-refractivity contribution in [2.24, 2.45) is 0 Å². The minimum atomic E-state index is -3.63. The molecule has 0 heterocycles. The fourth-order valence-electron chi connectivity index (χ4n) is 1.79. The number of alkyl carbamates (subject to hydrolysis) is 1. The number of sulfone groups is 1. The van der Waals surface area contributed by atoms with Crippen molar-refractivity contribution in [2.75, 3.05) is 12.3 Å². The predicted molar refractivity (Wildman–Crippen MR) is 84.4 cm³/mol. The standard InChI is InChI=1S/C15H21NO6S/c1-10-9-11(5-6-12(10)13(17)18)23(20,21)8-7-16-14(19)22-15(2,3)4/h5-6,9H,7-8H2,1-4H3,(H,16,19)(H,17,18). The zero-order valence-electron chi connectivity index (χ0n) is 13.5. The summed E-state index contributed by atoms with van der Waals surface area (Å²) >= 11 is 0. The molecule has 0 unspecified atom stereocenters. The molecule has 1 amide bonds. The summed E-state index contributed by atoms with van der Waals surface area (Å²) in [6.45, 7) is 6.54. The molecule has 1 aromatic rings. The number of hydrogen-bond donors (Lipinski definition) is 2. The maximum Gasteiger partial charge on any atom is 0.407 e. The molecule has 2 N–H and O–H groups in total. The van der Waals surface area contributed by atoms with Gasteiger partial charge in [0.05, 0.1) is 16.2 Å². The molecule has 0 aliphatic rings. The van der Waals surface area contributed by atoms with E-state index in [0.717, 1.165) is 0 Å². The lowest BCUT2D eigenvalue weighted by molar-refractivity contribution is 0.0530. The van der Waals surface area contributed by atoms with Gasteiger partial charge in [0, 0.05) is 6.54 Å². The third kappa shape index (κ3) is 5.90. The zero-order chi connectivity index (χ0) is 17.8. The van der Waals surface area contributed by atoms with Crippen molar-refractivity contribution in [3.05, 3.63) is 29.3 Å². The van der Waals surface area contributed by atoms with E-state index in [1.165, 1.54) is 25.1 Å². The van der Waals surface area contributed by atoms with Crippen molar-refractivity contribution < 1.29 is 27.9 Å². The average Bonchev–Trinajstić information content (AvgIpc) is 2.35. The van der Waals surface area contributed by atoms with Gasteiger partial charge in [0.15, 0.2) is 9.84 Å². The molecule has 0 bridgehead atoms. The van der Waals surface area contributed by atoms with Crippen molar-refractivity contribution in [2.45, 2.75) is 38.2 Å². The third-order valence-corrected chi connectivity index (χ3v) is 4.54. The maximum atomic E-state index is 12.2. The highest BCUT2D eigenvalue weighted by Gasteiger charge is 2.19. The third-order valence-electron chi connectivity index (χ3n) is 2.83. The van der Waals surface area contributed by atoms with Gasteiger partial charge >= 0.3 is 12.1 Å². The summed E-state index contributed by atoms with van der Waals surface area (Å²) in [5.74, 6) is -1.42. The molecule has 0 aliphatic heterocycles. The molecule has 0 aliphatic carbocycles. The van der Waals surface area contributed by atoms with Gasteiger partial charge in [-0.05, 0) is 51.5 Å². The monoisotopic (exact) mass is 343 g/mol. The van der Waals surface area contributed by atoms with Crippen LogP contribution in [0, 0.1) is 6.92 Å². The first kappa shape index (κ1) is 19.0. The SMILES string of the molecule is Cc1cc(S(=O)(=O)CCNC(=O)OC(C)(C)C)ccc1C(=O)O. The summed E-state index contributed by atoms with van der Waals surface area (Å²) in [4.78, 5) is 22.4. The van der Waals surface area contributed by atoms with Crippen LogP contribution in [0.1, 0.15) is 36.7 Å². The number of carbonyl (C=O) groups excluding carboxylic acids is 1. The zero-order valence-corrected chi connectivity index (χ0v) is 14.4. The lowest BCUT2D eigenvalue weighted by Gasteiger charge is -2.19. The topological polar surface area (TPSA) is 110 Å². The van der Waals surface area contributed by atoms with Crippen LogP contribution in [0.2, 0.25) is 0 Å². The largest absolute Gasteiger partial charge is 0.478 e. The highest BCUT2D eigenvalue weighted by Crippen LogP contribution is 2.16. The normalized spacial score (nSPS) is 11.8. The number of amides is 1. The number of aromatic carboxylic acids is 1. The molecule has 0 spiro atoms. The Kier molecular flexibility index (Phi) is 5.76. The van der Waals surface area contributed by atoms with Crippen molar-refractivity contribution in [1.82, 2.24) is 5.32 Å². The lowest BCUT2D eigenvalue weighted by atomic mass is 10.1. The molecule has 23 heavy (non-hydrogen) atoms. The van der Waals surface area contributed by atoms with E-state index in [0.29, 0.717) is 5.56 Å². The van der Waals surface area contributed by atoms with Crippen LogP contribution in [0.4, 0.5) is 4.79 Å². The molecular weight excluding hydrogens is 322 g/mol. The summed E-state index contributed by atoms with van der Waals surface area (Å²) in [5, 5.41) is 11.3. The Morgan fingerprint density at radius 3 is 2.35 bits per heavy atom. The Bertz CT molecular complexity index is 703. The Morgan fingerprint density at radius 2 is 1.87 bits per heavy atom. The number of carboxylic acid groups (broad SMARTS) is 1. The smallest absolute Gasteiger partial charge is 0.407 e. The minimum absolute atomic E-state index is 0.0194. The van der Waals surface area contributed by atoms with Crippen LogP contribution in [-0.2, 0) is 14.6 Å². The first-order valence-corrected chi connectivity index (χ1v) is 8.61. The van der Waals surface area contributed by atoms with Crippen LogP contribution in [0.3, 0.4) is 0 Å².